The Bertz CT molecular complexity index is 582. The van der Waals surface area contributed by atoms with Gasteiger partial charge in [-0.2, -0.15) is 0 Å². The molecule has 22 heavy (non-hydrogen) atoms. The van der Waals surface area contributed by atoms with E-state index in [2.05, 4.69) is 10.6 Å². The lowest BCUT2D eigenvalue weighted by Gasteiger charge is -2.13. The maximum atomic E-state index is 12.0. The minimum absolute atomic E-state index is 0.0219. The summed E-state index contributed by atoms with van der Waals surface area (Å²) in [7, 11) is 1.80. The second-order valence-electron chi connectivity index (χ2n) is 5.84. The second-order valence-corrected chi connectivity index (χ2v) is 5.84. The number of Topliss-reactive ketones (excluding diaryl/α,β-unsaturated/α-hetero) is 1. The van der Waals surface area contributed by atoms with Crippen molar-refractivity contribution in [3.63, 3.8) is 0 Å². The lowest BCUT2D eigenvalue weighted by atomic mass is 10.1. The molecule has 0 saturated heterocycles. The van der Waals surface area contributed by atoms with Crippen molar-refractivity contribution in [2.45, 2.75) is 25.8 Å². The fourth-order valence-corrected chi connectivity index (χ4v) is 2.14. The Morgan fingerprint density at radius 2 is 1.86 bits per heavy atom. The molecule has 6 heteroatoms. The van der Waals surface area contributed by atoms with Crippen molar-refractivity contribution >= 4 is 23.3 Å². The lowest BCUT2D eigenvalue weighted by molar-refractivity contribution is -0.862. The van der Waals surface area contributed by atoms with Crippen molar-refractivity contribution in [3.8, 4) is 0 Å². The van der Waals surface area contributed by atoms with Gasteiger partial charge in [0.05, 0.1) is 7.05 Å². The quantitative estimate of drug-likeness (QED) is 0.601. The zero-order chi connectivity index (χ0) is 16.1. The number of quaternary nitrogens is 1. The fraction of sp³-hybridized carbons (Fsp3) is 0.438. The normalized spacial score (nSPS) is 15.0. The molecule has 0 radical (unpaired) electrons. The van der Waals surface area contributed by atoms with E-state index >= 15 is 0 Å². The van der Waals surface area contributed by atoms with Crippen LogP contribution in [-0.4, -0.2) is 43.8 Å². The van der Waals surface area contributed by atoms with Crippen LogP contribution in [0.4, 0.5) is 5.69 Å². The Morgan fingerprint density at radius 3 is 2.50 bits per heavy atom. The molecule has 0 spiro atoms. The summed E-state index contributed by atoms with van der Waals surface area (Å²) in [4.78, 5) is 35.8. The molecular weight excluding hydrogens is 282 g/mol. The van der Waals surface area contributed by atoms with Gasteiger partial charge in [-0.3, -0.25) is 14.4 Å². The topological polar surface area (TPSA) is 79.7 Å². The Balaban J connectivity index is 1.80. The molecule has 1 fully saturated rings. The summed E-state index contributed by atoms with van der Waals surface area (Å²) in [5.74, 6) is -0.251. The number of rotatable bonds is 7. The standard InChI is InChI=1S/C16H21N3O3/c1-11(20)12-4-3-5-14(8-12)18-16(22)10-19(2)9-15(21)17-13-6-7-13/h3-5,8,13H,6-7,9-10H2,1-2H3,(H,17,21)(H,18,22)/p+1. The van der Waals surface area contributed by atoms with Gasteiger partial charge in [-0.05, 0) is 31.9 Å². The van der Waals surface area contributed by atoms with Crippen molar-refractivity contribution in [1.82, 2.24) is 5.32 Å². The van der Waals surface area contributed by atoms with Gasteiger partial charge in [0, 0.05) is 17.3 Å². The van der Waals surface area contributed by atoms with Gasteiger partial charge in [0.2, 0.25) is 0 Å². The largest absolute Gasteiger partial charge is 0.348 e. The zero-order valence-corrected chi connectivity index (χ0v) is 12.9. The van der Waals surface area contributed by atoms with E-state index in [9.17, 15) is 14.4 Å². The monoisotopic (exact) mass is 304 g/mol. The first-order valence-electron chi connectivity index (χ1n) is 7.45. The smallest absolute Gasteiger partial charge is 0.279 e. The molecule has 0 aromatic heterocycles. The van der Waals surface area contributed by atoms with E-state index in [1.807, 2.05) is 0 Å². The molecule has 1 aliphatic rings. The average Bonchev–Trinajstić information content (AvgIpc) is 3.22. The van der Waals surface area contributed by atoms with Crippen LogP contribution >= 0.6 is 0 Å². The number of benzene rings is 1. The minimum atomic E-state index is -0.183. The van der Waals surface area contributed by atoms with Crippen LogP contribution in [0.15, 0.2) is 24.3 Å². The van der Waals surface area contributed by atoms with Gasteiger partial charge in [0.25, 0.3) is 11.8 Å². The molecule has 1 unspecified atom stereocenters. The molecule has 0 aliphatic heterocycles. The number of ketones is 1. The first-order chi connectivity index (χ1) is 10.4. The highest BCUT2D eigenvalue weighted by Crippen LogP contribution is 2.18. The van der Waals surface area contributed by atoms with Crippen molar-refractivity contribution in [3.05, 3.63) is 29.8 Å². The molecular formula is C16H22N3O3+. The minimum Gasteiger partial charge on any atom is -0.348 e. The molecule has 1 aliphatic carbocycles. The number of likely N-dealkylation sites (N-methyl/N-ethyl adjacent to an activating group) is 1. The van der Waals surface area contributed by atoms with E-state index in [1.54, 1.807) is 31.3 Å². The zero-order valence-electron chi connectivity index (χ0n) is 12.9. The highest BCUT2D eigenvalue weighted by molar-refractivity contribution is 5.97. The van der Waals surface area contributed by atoms with Crippen molar-refractivity contribution < 1.29 is 19.3 Å². The van der Waals surface area contributed by atoms with Crippen LogP contribution in [0.5, 0.6) is 0 Å². The molecule has 0 heterocycles. The molecule has 1 atom stereocenters. The first-order valence-corrected chi connectivity index (χ1v) is 7.45. The molecule has 1 saturated carbocycles. The third-order valence-corrected chi connectivity index (χ3v) is 3.42. The summed E-state index contributed by atoms with van der Waals surface area (Å²) in [6.45, 7) is 1.96. The van der Waals surface area contributed by atoms with Crippen molar-refractivity contribution in [2.75, 3.05) is 25.5 Å². The van der Waals surface area contributed by atoms with E-state index < -0.39 is 0 Å². The van der Waals surface area contributed by atoms with E-state index in [0.717, 1.165) is 17.7 Å². The lowest BCUT2D eigenvalue weighted by Crippen LogP contribution is -3.11. The highest BCUT2D eigenvalue weighted by atomic mass is 16.2. The molecule has 0 bridgehead atoms. The maximum absolute atomic E-state index is 12.0. The van der Waals surface area contributed by atoms with Gasteiger partial charge < -0.3 is 15.5 Å². The van der Waals surface area contributed by atoms with Gasteiger partial charge in [0.15, 0.2) is 18.9 Å². The molecule has 1 aromatic rings. The van der Waals surface area contributed by atoms with Gasteiger partial charge in [-0.25, -0.2) is 0 Å². The van der Waals surface area contributed by atoms with Crippen molar-refractivity contribution in [1.29, 1.82) is 0 Å². The summed E-state index contributed by atoms with van der Waals surface area (Å²) >= 11 is 0. The summed E-state index contributed by atoms with van der Waals surface area (Å²) in [6, 6.07) is 7.15. The van der Waals surface area contributed by atoms with Gasteiger partial charge >= 0.3 is 0 Å². The van der Waals surface area contributed by atoms with E-state index in [1.165, 1.54) is 6.92 Å². The van der Waals surface area contributed by atoms with Crippen LogP contribution in [0.25, 0.3) is 0 Å². The number of anilines is 1. The average molecular weight is 304 g/mol. The number of carbonyl (C=O) groups is 3. The van der Waals surface area contributed by atoms with Crippen LogP contribution < -0.4 is 15.5 Å². The summed E-state index contributed by atoms with van der Waals surface area (Å²) < 4.78 is 0. The first kappa shape index (κ1) is 16.2. The SMILES string of the molecule is CC(=O)c1cccc(NC(=O)C[NH+](C)CC(=O)NC2CC2)c1. The maximum Gasteiger partial charge on any atom is 0.279 e. The van der Waals surface area contributed by atoms with Gasteiger partial charge in [-0.15, -0.1) is 0 Å². The van der Waals surface area contributed by atoms with E-state index in [4.69, 9.17) is 0 Å². The number of carbonyl (C=O) groups excluding carboxylic acids is 3. The highest BCUT2D eigenvalue weighted by Gasteiger charge is 2.24. The molecule has 3 N–H and O–H groups in total. The second kappa shape index (κ2) is 7.17. The van der Waals surface area contributed by atoms with Gasteiger partial charge in [0.1, 0.15) is 0 Å². The van der Waals surface area contributed by atoms with Crippen molar-refractivity contribution in [2.24, 2.45) is 0 Å². The Labute approximate surface area is 129 Å². The number of hydrogen-bond donors (Lipinski definition) is 3. The van der Waals surface area contributed by atoms with Crippen LogP contribution in [0.2, 0.25) is 0 Å². The molecule has 2 amide bonds. The van der Waals surface area contributed by atoms with Crippen LogP contribution in [0, 0.1) is 0 Å². The third-order valence-electron chi connectivity index (χ3n) is 3.42. The summed E-state index contributed by atoms with van der Waals surface area (Å²) in [5.41, 5.74) is 1.15. The summed E-state index contributed by atoms with van der Waals surface area (Å²) in [5, 5.41) is 5.65. The van der Waals surface area contributed by atoms with Crippen LogP contribution in [0.3, 0.4) is 0 Å². The Morgan fingerprint density at radius 1 is 1.18 bits per heavy atom. The van der Waals surface area contributed by atoms with Crippen LogP contribution in [0.1, 0.15) is 30.1 Å². The predicted molar refractivity (Wildman–Crippen MR) is 82.9 cm³/mol. The third kappa shape index (κ3) is 5.29. The molecule has 118 valence electrons. The number of hydrogen-bond acceptors (Lipinski definition) is 3. The summed E-state index contributed by atoms with van der Waals surface area (Å²) in [6.07, 6.45) is 2.11. The van der Waals surface area contributed by atoms with E-state index in [-0.39, 0.29) is 30.7 Å². The Hall–Kier alpha value is -2.21. The number of nitrogens with one attached hydrogen (secondary N) is 3. The van der Waals surface area contributed by atoms with Gasteiger partial charge in [-0.1, -0.05) is 12.1 Å². The number of amides is 2. The molecule has 1 aromatic carbocycles. The van der Waals surface area contributed by atoms with Crippen LogP contribution in [-0.2, 0) is 9.59 Å². The Kier molecular flexibility index (Phi) is 5.27. The molecule has 6 nitrogen and oxygen atoms in total. The fourth-order valence-electron chi connectivity index (χ4n) is 2.14. The predicted octanol–water partition coefficient (Wildman–Crippen LogP) is -0.379. The molecule has 2 rings (SSSR count). The van der Waals surface area contributed by atoms with E-state index in [0.29, 0.717) is 17.3 Å².